The van der Waals surface area contributed by atoms with Gasteiger partial charge in [0.15, 0.2) is 11.5 Å². The highest BCUT2D eigenvalue weighted by Crippen LogP contribution is 2.28. The van der Waals surface area contributed by atoms with E-state index in [-0.39, 0.29) is 11.5 Å². The van der Waals surface area contributed by atoms with Crippen molar-refractivity contribution in [2.75, 3.05) is 13.6 Å². The van der Waals surface area contributed by atoms with Gasteiger partial charge in [0.05, 0.1) is 0 Å². The molecule has 3 nitrogen and oxygen atoms in total. The van der Waals surface area contributed by atoms with Crippen LogP contribution in [0, 0.1) is 0 Å². The summed E-state index contributed by atoms with van der Waals surface area (Å²) in [7, 11) is 1.89. The average molecular weight is 181 g/mol. The molecule has 1 atom stereocenters. The number of aromatic hydroxyl groups is 2. The predicted octanol–water partition coefficient (Wildman–Crippen LogP) is 1.42. The first kappa shape index (κ1) is 9.86. The Labute approximate surface area is 78.0 Å². The number of hydrogen-bond acceptors (Lipinski definition) is 3. The Morgan fingerprint density at radius 3 is 2.54 bits per heavy atom. The number of phenolic OH excluding ortho intramolecular Hbond substituents is 2. The van der Waals surface area contributed by atoms with Gasteiger partial charge in [-0.05, 0) is 30.7 Å². The minimum Gasteiger partial charge on any atom is -0.504 e. The Morgan fingerprint density at radius 2 is 2.00 bits per heavy atom. The fourth-order valence-corrected chi connectivity index (χ4v) is 1.27. The Kier molecular flexibility index (Phi) is 3.14. The molecule has 0 bridgehead atoms. The molecule has 1 rings (SSSR count). The molecular weight excluding hydrogens is 166 g/mol. The fraction of sp³-hybridized carbons (Fsp3) is 0.400. The van der Waals surface area contributed by atoms with Gasteiger partial charge in [-0.25, -0.2) is 0 Å². The highest BCUT2D eigenvalue weighted by atomic mass is 16.3. The minimum absolute atomic E-state index is 0.0551. The van der Waals surface area contributed by atoms with E-state index < -0.39 is 0 Å². The van der Waals surface area contributed by atoms with Gasteiger partial charge < -0.3 is 15.5 Å². The smallest absolute Gasteiger partial charge is 0.157 e. The summed E-state index contributed by atoms with van der Waals surface area (Å²) in [6, 6.07) is 4.92. The van der Waals surface area contributed by atoms with Crippen LogP contribution in [0.25, 0.3) is 0 Å². The molecule has 0 aliphatic rings. The summed E-state index contributed by atoms with van der Waals surface area (Å²) >= 11 is 0. The van der Waals surface area contributed by atoms with Gasteiger partial charge >= 0.3 is 0 Å². The third kappa shape index (κ3) is 2.36. The van der Waals surface area contributed by atoms with Gasteiger partial charge in [-0.3, -0.25) is 0 Å². The fourth-order valence-electron chi connectivity index (χ4n) is 1.27. The van der Waals surface area contributed by atoms with Crippen LogP contribution in [0.4, 0.5) is 0 Å². The maximum atomic E-state index is 9.25. The van der Waals surface area contributed by atoms with E-state index in [1.807, 2.05) is 13.1 Å². The predicted molar refractivity (Wildman–Crippen MR) is 52.1 cm³/mol. The van der Waals surface area contributed by atoms with Crippen LogP contribution in [0.1, 0.15) is 18.4 Å². The maximum absolute atomic E-state index is 9.25. The molecule has 1 aromatic carbocycles. The molecule has 3 N–H and O–H groups in total. The zero-order valence-electron chi connectivity index (χ0n) is 7.91. The monoisotopic (exact) mass is 181 g/mol. The van der Waals surface area contributed by atoms with E-state index in [0.29, 0.717) is 5.92 Å². The first-order chi connectivity index (χ1) is 6.15. The molecule has 0 saturated heterocycles. The molecule has 0 radical (unpaired) electrons. The van der Waals surface area contributed by atoms with E-state index in [0.717, 1.165) is 12.1 Å². The molecule has 1 aromatic rings. The third-order valence-corrected chi connectivity index (χ3v) is 2.08. The van der Waals surface area contributed by atoms with Gasteiger partial charge in [-0.2, -0.15) is 0 Å². The van der Waals surface area contributed by atoms with Crippen molar-refractivity contribution in [1.82, 2.24) is 5.32 Å². The van der Waals surface area contributed by atoms with Crippen molar-refractivity contribution in [1.29, 1.82) is 0 Å². The molecule has 0 aliphatic carbocycles. The van der Waals surface area contributed by atoms with Crippen molar-refractivity contribution < 1.29 is 10.2 Å². The standard InChI is InChI=1S/C10H15NO2/c1-7(6-11-2)8-3-4-9(12)10(13)5-8/h3-5,7,11-13H,6H2,1-2H3/t7-/m0/s1. The van der Waals surface area contributed by atoms with Crippen LogP contribution in [0.5, 0.6) is 11.5 Å². The van der Waals surface area contributed by atoms with Crippen LogP contribution in [0.15, 0.2) is 18.2 Å². The number of phenols is 2. The van der Waals surface area contributed by atoms with Crippen LogP contribution < -0.4 is 5.32 Å². The lowest BCUT2D eigenvalue weighted by atomic mass is 10.0. The molecule has 0 fully saturated rings. The van der Waals surface area contributed by atoms with Crippen molar-refractivity contribution in [2.45, 2.75) is 12.8 Å². The Balaban J connectivity index is 2.84. The topological polar surface area (TPSA) is 52.5 Å². The second-order valence-corrected chi connectivity index (χ2v) is 3.21. The van der Waals surface area contributed by atoms with E-state index in [2.05, 4.69) is 12.2 Å². The number of hydrogen-bond donors (Lipinski definition) is 3. The average Bonchev–Trinajstić information content (AvgIpc) is 2.10. The lowest BCUT2D eigenvalue weighted by Crippen LogP contribution is -2.14. The number of nitrogens with one attached hydrogen (secondary N) is 1. The summed E-state index contributed by atoms with van der Waals surface area (Å²) in [5.74, 6) is 0.206. The van der Waals surface area contributed by atoms with E-state index in [1.54, 1.807) is 6.07 Å². The van der Waals surface area contributed by atoms with Crippen LogP contribution in [-0.2, 0) is 0 Å². The number of likely N-dealkylation sites (N-methyl/N-ethyl adjacent to an activating group) is 1. The van der Waals surface area contributed by atoms with Gasteiger partial charge in [0.2, 0.25) is 0 Å². The van der Waals surface area contributed by atoms with E-state index >= 15 is 0 Å². The lowest BCUT2D eigenvalue weighted by Gasteiger charge is -2.11. The summed E-state index contributed by atoms with van der Waals surface area (Å²) in [6.07, 6.45) is 0. The number of benzene rings is 1. The first-order valence-electron chi connectivity index (χ1n) is 4.31. The zero-order valence-corrected chi connectivity index (χ0v) is 7.91. The molecule has 72 valence electrons. The molecule has 0 aliphatic heterocycles. The van der Waals surface area contributed by atoms with Crippen LogP contribution in [0.2, 0.25) is 0 Å². The van der Waals surface area contributed by atoms with E-state index in [9.17, 15) is 5.11 Å². The molecule has 0 aromatic heterocycles. The second-order valence-electron chi connectivity index (χ2n) is 3.21. The van der Waals surface area contributed by atoms with E-state index in [4.69, 9.17) is 5.11 Å². The van der Waals surface area contributed by atoms with Crippen LogP contribution in [0.3, 0.4) is 0 Å². The maximum Gasteiger partial charge on any atom is 0.157 e. The summed E-state index contributed by atoms with van der Waals surface area (Å²) < 4.78 is 0. The van der Waals surface area contributed by atoms with Crippen molar-refractivity contribution in [3.63, 3.8) is 0 Å². The third-order valence-electron chi connectivity index (χ3n) is 2.08. The van der Waals surface area contributed by atoms with Crippen LogP contribution in [-0.4, -0.2) is 23.8 Å². The first-order valence-corrected chi connectivity index (χ1v) is 4.31. The molecule has 0 amide bonds. The Hall–Kier alpha value is -1.22. The largest absolute Gasteiger partial charge is 0.504 e. The Bertz CT molecular complexity index is 286. The molecule has 0 unspecified atom stereocenters. The van der Waals surface area contributed by atoms with Crippen molar-refractivity contribution in [2.24, 2.45) is 0 Å². The van der Waals surface area contributed by atoms with Gasteiger partial charge in [-0.15, -0.1) is 0 Å². The number of rotatable bonds is 3. The van der Waals surface area contributed by atoms with Gasteiger partial charge in [0.1, 0.15) is 0 Å². The minimum atomic E-state index is -0.0691. The van der Waals surface area contributed by atoms with Gasteiger partial charge in [-0.1, -0.05) is 13.0 Å². The zero-order chi connectivity index (χ0) is 9.84. The highest BCUT2D eigenvalue weighted by Gasteiger charge is 2.06. The van der Waals surface area contributed by atoms with Crippen molar-refractivity contribution in [3.8, 4) is 11.5 Å². The van der Waals surface area contributed by atoms with Gasteiger partial charge in [0.25, 0.3) is 0 Å². The molecule has 3 heteroatoms. The normalized spacial score (nSPS) is 12.8. The SMILES string of the molecule is CNC[C@H](C)c1ccc(O)c(O)c1. The molecule has 0 spiro atoms. The summed E-state index contributed by atoms with van der Waals surface area (Å²) in [6.45, 7) is 2.91. The molecular formula is C10H15NO2. The summed E-state index contributed by atoms with van der Waals surface area (Å²) in [5, 5.41) is 21.4. The second kappa shape index (κ2) is 4.14. The molecule has 13 heavy (non-hydrogen) atoms. The highest BCUT2D eigenvalue weighted by molar-refractivity contribution is 5.41. The van der Waals surface area contributed by atoms with Crippen molar-refractivity contribution >= 4 is 0 Å². The van der Waals surface area contributed by atoms with Crippen LogP contribution >= 0.6 is 0 Å². The van der Waals surface area contributed by atoms with Gasteiger partial charge in [0, 0.05) is 6.54 Å². The molecule has 0 saturated carbocycles. The quantitative estimate of drug-likeness (QED) is 0.618. The summed E-state index contributed by atoms with van der Waals surface area (Å²) in [5.41, 5.74) is 1.02. The van der Waals surface area contributed by atoms with E-state index in [1.165, 1.54) is 6.07 Å². The lowest BCUT2D eigenvalue weighted by molar-refractivity contribution is 0.402. The molecule has 0 heterocycles. The summed E-state index contributed by atoms with van der Waals surface area (Å²) in [4.78, 5) is 0. The Morgan fingerprint density at radius 1 is 1.31 bits per heavy atom. The van der Waals surface area contributed by atoms with Crippen molar-refractivity contribution in [3.05, 3.63) is 23.8 Å².